The average molecular weight is 407 g/mol. The van der Waals surface area contributed by atoms with E-state index in [-0.39, 0.29) is 11.8 Å². The fourth-order valence-electron chi connectivity index (χ4n) is 3.76. The second-order valence-corrected chi connectivity index (χ2v) is 8.61. The zero-order chi connectivity index (χ0) is 20.0. The molecule has 1 aliphatic heterocycles. The highest BCUT2D eigenvalue weighted by Crippen LogP contribution is 2.37. The Morgan fingerprint density at radius 1 is 0.931 bits per heavy atom. The van der Waals surface area contributed by atoms with Gasteiger partial charge in [-0.1, -0.05) is 18.2 Å². The molecule has 1 aromatic heterocycles. The molecule has 0 unspecified atom stereocenters. The van der Waals surface area contributed by atoms with E-state index in [0.29, 0.717) is 44.6 Å². The van der Waals surface area contributed by atoms with E-state index in [1.165, 1.54) is 0 Å². The van der Waals surface area contributed by atoms with Crippen molar-refractivity contribution >= 4 is 33.4 Å². The number of thiazole rings is 1. The normalized spacial score (nSPS) is 18.1. The fourth-order valence-corrected chi connectivity index (χ4v) is 4.48. The van der Waals surface area contributed by atoms with E-state index < -0.39 is 5.60 Å². The molecule has 7 heteroatoms. The molecule has 2 fully saturated rings. The van der Waals surface area contributed by atoms with Crippen LogP contribution >= 0.6 is 11.3 Å². The van der Waals surface area contributed by atoms with Gasteiger partial charge in [-0.3, -0.25) is 9.59 Å². The first kappa shape index (κ1) is 18.3. The monoisotopic (exact) mass is 407 g/mol. The van der Waals surface area contributed by atoms with Gasteiger partial charge < -0.3 is 14.9 Å². The quantitative estimate of drug-likeness (QED) is 0.725. The number of carbonyl (C=O) groups excluding carboxylic acids is 2. The van der Waals surface area contributed by atoms with Gasteiger partial charge in [0.05, 0.1) is 15.7 Å². The zero-order valence-electron chi connectivity index (χ0n) is 15.9. The summed E-state index contributed by atoms with van der Waals surface area (Å²) in [6.45, 7) is 1.93. The molecule has 0 radical (unpaired) electrons. The maximum atomic E-state index is 12.8. The van der Waals surface area contributed by atoms with E-state index in [4.69, 9.17) is 0 Å². The number of hydrogen-bond acceptors (Lipinski definition) is 5. The molecule has 0 bridgehead atoms. The molecule has 2 heterocycles. The van der Waals surface area contributed by atoms with Crippen molar-refractivity contribution < 1.29 is 14.7 Å². The number of benzene rings is 2. The summed E-state index contributed by atoms with van der Waals surface area (Å²) in [4.78, 5) is 32.8. The van der Waals surface area contributed by atoms with Gasteiger partial charge in [-0.25, -0.2) is 4.98 Å². The lowest BCUT2D eigenvalue weighted by molar-refractivity contribution is -0.143. The lowest BCUT2D eigenvalue weighted by atomic mass is 10.0. The number of aromatic nitrogens is 1. The largest absolute Gasteiger partial charge is 0.380 e. The average Bonchev–Trinajstić information content (AvgIpc) is 3.34. The van der Waals surface area contributed by atoms with Crippen molar-refractivity contribution in [3.8, 4) is 11.1 Å². The minimum absolute atomic E-state index is 0.0216. The van der Waals surface area contributed by atoms with Crippen molar-refractivity contribution in [1.29, 1.82) is 0 Å². The number of rotatable bonds is 3. The van der Waals surface area contributed by atoms with Crippen molar-refractivity contribution in [2.24, 2.45) is 0 Å². The number of hydrogen-bond donors (Lipinski definition) is 1. The Bertz CT molecular complexity index is 1080. The van der Waals surface area contributed by atoms with Gasteiger partial charge in [-0.05, 0) is 48.2 Å². The van der Waals surface area contributed by atoms with Crippen LogP contribution in [0.4, 0.5) is 0 Å². The van der Waals surface area contributed by atoms with Crippen LogP contribution < -0.4 is 0 Å². The molecule has 2 amide bonds. The Balaban J connectivity index is 1.25. The molecule has 0 spiro atoms. The summed E-state index contributed by atoms with van der Waals surface area (Å²) in [6, 6.07) is 13.8. The van der Waals surface area contributed by atoms with E-state index in [2.05, 4.69) is 11.1 Å². The molecule has 2 aliphatic rings. The van der Waals surface area contributed by atoms with Gasteiger partial charge in [-0.15, -0.1) is 11.3 Å². The van der Waals surface area contributed by atoms with Gasteiger partial charge >= 0.3 is 0 Å². The van der Waals surface area contributed by atoms with Crippen LogP contribution in [0.15, 0.2) is 48.0 Å². The van der Waals surface area contributed by atoms with E-state index >= 15 is 0 Å². The smallest absolute Gasteiger partial charge is 0.254 e. The Morgan fingerprint density at radius 2 is 1.59 bits per heavy atom. The summed E-state index contributed by atoms with van der Waals surface area (Å²) in [5, 5.41) is 9.99. The van der Waals surface area contributed by atoms with Gasteiger partial charge in [0.25, 0.3) is 11.8 Å². The molecule has 2 aromatic carbocycles. The van der Waals surface area contributed by atoms with Gasteiger partial charge in [0.2, 0.25) is 0 Å². The Labute approximate surface area is 172 Å². The molecule has 1 saturated carbocycles. The van der Waals surface area contributed by atoms with Gasteiger partial charge in [0.15, 0.2) is 0 Å². The molecule has 6 nitrogen and oxygen atoms in total. The third-order valence-corrected chi connectivity index (χ3v) is 6.56. The Morgan fingerprint density at radius 3 is 2.28 bits per heavy atom. The highest BCUT2D eigenvalue weighted by Gasteiger charge is 2.50. The van der Waals surface area contributed by atoms with Crippen LogP contribution in [0.25, 0.3) is 21.3 Å². The Hall–Kier alpha value is -2.77. The number of aliphatic hydroxyl groups is 1. The van der Waals surface area contributed by atoms with Crippen molar-refractivity contribution in [1.82, 2.24) is 14.8 Å². The Kier molecular flexibility index (Phi) is 4.37. The van der Waals surface area contributed by atoms with E-state index in [1.54, 1.807) is 21.1 Å². The summed E-state index contributed by atoms with van der Waals surface area (Å²) in [5.74, 6) is -0.210. The molecule has 148 valence electrons. The van der Waals surface area contributed by atoms with Gasteiger partial charge in [0, 0.05) is 31.7 Å². The summed E-state index contributed by atoms with van der Waals surface area (Å²) in [7, 11) is 0. The molecular weight excluding hydrogens is 386 g/mol. The number of carbonyl (C=O) groups is 2. The molecular formula is C22H21N3O3S. The maximum Gasteiger partial charge on any atom is 0.254 e. The summed E-state index contributed by atoms with van der Waals surface area (Å²) in [6.07, 6.45) is 1.10. The number of fused-ring (bicyclic) bond motifs is 1. The van der Waals surface area contributed by atoms with Crippen LogP contribution in [0, 0.1) is 0 Å². The minimum Gasteiger partial charge on any atom is -0.380 e. The van der Waals surface area contributed by atoms with E-state index in [9.17, 15) is 14.7 Å². The summed E-state index contributed by atoms with van der Waals surface area (Å²) < 4.78 is 1.14. The first-order chi connectivity index (χ1) is 14.0. The molecule has 1 N–H and O–H groups in total. The second kappa shape index (κ2) is 6.93. The van der Waals surface area contributed by atoms with Gasteiger partial charge in [-0.2, -0.15) is 0 Å². The predicted molar refractivity (Wildman–Crippen MR) is 112 cm³/mol. The van der Waals surface area contributed by atoms with Crippen LogP contribution in [0.3, 0.4) is 0 Å². The van der Waals surface area contributed by atoms with E-state index in [1.807, 2.05) is 41.9 Å². The highest BCUT2D eigenvalue weighted by molar-refractivity contribution is 7.16. The topological polar surface area (TPSA) is 73.7 Å². The first-order valence-electron chi connectivity index (χ1n) is 9.78. The zero-order valence-corrected chi connectivity index (χ0v) is 16.7. The standard InChI is InChI=1S/C22H21N3O3S/c26-20(24-9-11-25(12-10-24)21(27)22(28)7-8-22)16-3-1-15(2-4-16)17-5-6-18-19(13-17)29-14-23-18/h1-6,13-14,28H,7-12H2. The van der Waals surface area contributed by atoms with Crippen LogP contribution in [0.5, 0.6) is 0 Å². The van der Waals surface area contributed by atoms with Gasteiger partial charge in [0.1, 0.15) is 5.60 Å². The highest BCUT2D eigenvalue weighted by atomic mass is 32.1. The molecule has 1 aliphatic carbocycles. The minimum atomic E-state index is -1.13. The lowest BCUT2D eigenvalue weighted by Gasteiger charge is -2.35. The SMILES string of the molecule is O=C(c1ccc(-c2ccc3ncsc3c2)cc1)N1CCN(C(=O)C2(O)CC2)CC1. The summed E-state index contributed by atoms with van der Waals surface area (Å²) >= 11 is 1.61. The van der Waals surface area contributed by atoms with Crippen molar-refractivity contribution in [3.05, 3.63) is 53.5 Å². The third kappa shape index (κ3) is 3.41. The fraction of sp³-hybridized carbons (Fsp3) is 0.318. The number of nitrogens with zero attached hydrogens (tertiary/aromatic N) is 3. The van der Waals surface area contributed by atoms with Crippen LogP contribution in [-0.2, 0) is 4.79 Å². The van der Waals surface area contributed by atoms with Crippen LogP contribution in [-0.4, -0.2) is 63.5 Å². The molecule has 1 saturated heterocycles. The molecule has 29 heavy (non-hydrogen) atoms. The number of piperazine rings is 1. The molecule has 0 atom stereocenters. The van der Waals surface area contributed by atoms with Crippen LogP contribution in [0.1, 0.15) is 23.2 Å². The summed E-state index contributed by atoms with van der Waals surface area (Å²) in [5.41, 5.74) is 4.51. The maximum absolute atomic E-state index is 12.8. The van der Waals surface area contributed by atoms with Crippen LogP contribution in [0.2, 0.25) is 0 Å². The molecule has 5 rings (SSSR count). The molecule has 3 aromatic rings. The predicted octanol–water partition coefficient (Wildman–Crippen LogP) is 2.77. The van der Waals surface area contributed by atoms with E-state index in [0.717, 1.165) is 21.3 Å². The van der Waals surface area contributed by atoms with Crippen molar-refractivity contribution in [2.45, 2.75) is 18.4 Å². The van der Waals surface area contributed by atoms with Crippen molar-refractivity contribution in [2.75, 3.05) is 26.2 Å². The number of amides is 2. The third-order valence-electron chi connectivity index (χ3n) is 5.77. The van der Waals surface area contributed by atoms with Crippen molar-refractivity contribution in [3.63, 3.8) is 0 Å². The lowest BCUT2D eigenvalue weighted by Crippen LogP contribution is -2.53. The second-order valence-electron chi connectivity index (χ2n) is 7.73. The first-order valence-corrected chi connectivity index (χ1v) is 10.7.